The molecule has 5 atom stereocenters. The van der Waals surface area contributed by atoms with Gasteiger partial charge in [-0.05, 0) is 12.8 Å². The van der Waals surface area contributed by atoms with Gasteiger partial charge in [-0.1, -0.05) is 13.8 Å². The lowest BCUT2D eigenvalue weighted by Crippen LogP contribution is -2.58. The van der Waals surface area contributed by atoms with E-state index in [-0.39, 0.29) is 18.1 Å². The van der Waals surface area contributed by atoms with E-state index < -0.39 is 18.3 Å². The van der Waals surface area contributed by atoms with Crippen LogP contribution in [0.4, 0.5) is 0 Å². The maximum Gasteiger partial charge on any atom is 0.111 e. The summed E-state index contributed by atoms with van der Waals surface area (Å²) in [7, 11) is 1.51. The second kappa shape index (κ2) is 4.57. The molecular formula is C10H20O4. The van der Waals surface area contributed by atoms with Gasteiger partial charge in [0.1, 0.15) is 18.3 Å². The van der Waals surface area contributed by atoms with E-state index in [0.717, 1.165) is 0 Å². The molecule has 1 unspecified atom stereocenters. The number of hydrogen-bond acceptors (Lipinski definition) is 4. The molecule has 1 saturated heterocycles. The van der Waals surface area contributed by atoms with E-state index >= 15 is 0 Å². The zero-order valence-electron chi connectivity index (χ0n) is 9.18. The van der Waals surface area contributed by atoms with Crippen molar-refractivity contribution in [3.8, 4) is 0 Å². The number of methoxy groups -OCH3 is 1. The third kappa shape index (κ3) is 2.08. The van der Waals surface area contributed by atoms with Crippen molar-refractivity contribution in [3.05, 3.63) is 0 Å². The Bertz CT molecular complexity index is 181. The van der Waals surface area contributed by atoms with E-state index in [1.54, 1.807) is 0 Å². The van der Waals surface area contributed by atoms with Crippen LogP contribution in [0.5, 0.6) is 0 Å². The zero-order valence-corrected chi connectivity index (χ0v) is 9.18. The molecule has 0 amide bonds. The first-order valence-corrected chi connectivity index (χ1v) is 5.03. The number of aliphatic hydroxyl groups is 2. The second-order valence-electron chi connectivity index (χ2n) is 4.23. The standard InChI is InChI=1S/C10H20O4/c1-5(2)9-7(11)8(12)10(13-4)6(3)14-9/h5-12H,1-4H3/t6-,7?,8+,9+,10-/m1/s1. The van der Waals surface area contributed by atoms with Crippen LogP contribution in [0, 0.1) is 5.92 Å². The quantitative estimate of drug-likeness (QED) is 0.673. The minimum Gasteiger partial charge on any atom is -0.388 e. The summed E-state index contributed by atoms with van der Waals surface area (Å²) in [6.07, 6.45) is -2.68. The van der Waals surface area contributed by atoms with E-state index in [9.17, 15) is 10.2 Å². The van der Waals surface area contributed by atoms with E-state index in [0.29, 0.717) is 0 Å². The molecule has 0 aromatic heterocycles. The van der Waals surface area contributed by atoms with E-state index in [2.05, 4.69) is 0 Å². The van der Waals surface area contributed by atoms with Crippen molar-refractivity contribution in [2.45, 2.75) is 51.3 Å². The van der Waals surface area contributed by atoms with Crippen molar-refractivity contribution in [2.75, 3.05) is 7.11 Å². The lowest BCUT2D eigenvalue weighted by atomic mass is 9.90. The van der Waals surface area contributed by atoms with Crippen LogP contribution in [0.3, 0.4) is 0 Å². The van der Waals surface area contributed by atoms with E-state index in [1.807, 2.05) is 20.8 Å². The van der Waals surface area contributed by atoms with Crippen LogP contribution in [0.15, 0.2) is 0 Å². The normalized spacial score (nSPS) is 44.4. The van der Waals surface area contributed by atoms with Crippen molar-refractivity contribution in [1.29, 1.82) is 0 Å². The van der Waals surface area contributed by atoms with Gasteiger partial charge in [0.15, 0.2) is 0 Å². The summed E-state index contributed by atoms with van der Waals surface area (Å²) in [6.45, 7) is 5.76. The molecule has 14 heavy (non-hydrogen) atoms. The first kappa shape index (κ1) is 11.9. The lowest BCUT2D eigenvalue weighted by Gasteiger charge is -2.42. The number of aliphatic hydroxyl groups excluding tert-OH is 2. The Labute approximate surface area is 84.8 Å². The molecule has 0 saturated carbocycles. The Morgan fingerprint density at radius 2 is 1.79 bits per heavy atom. The van der Waals surface area contributed by atoms with Crippen molar-refractivity contribution in [3.63, 3.8) is 0 Å². The smallest absolute Gasteiger partial charge is 0.111 e. The van der Waals surface area contributed by atoms with Gasteiger partial charge in [0, 0.05) is 7.11 Å². The van der Waals surface area contributed by atoms with Crippen LogP contribution in [-0.4, -0.2) is 47.8 Å². The predicted molar refractivity (Wildman–Crippen MR) is 52.0 cm³/mol. The first-order chi connectivity index (χ1) is 6.49. The highest BCUT2D eigenvalue weighted by molar-refractivity contribution is 4.92. The number of ether oxygens (including phenoxy) is 2. The van der Waals surface area contributed by atoms with Crippen molar-refractivity contribution in [1.82, 2.24) is 0 Å². The Morgan fingerprint density at radius 1 is 1.21 bits per heavy atom. The number of rotatable bonds is 2. The molecule has 1 aliphatic heterocycles. The Morgan fingerprint density at radius 3 is 2.21 bits per heavy atom. The molecule has 2 N–H and O–H groups in total. The van der Waals surface area contributed by atoms with Gasteiger partial charge in [0.25, 0.3) is 0 Å². The molecule has 0 aliphatic carbocycles. The van der Waals surface area contributed by atoms with Crippen LogP contribution >= 0.6 is 0 Å². The minimum absolute atomic E-state index is 0.180. The highest BCUT2D eigenvalue weighted by atomic mass is 16.6. The summed E-state index contributed by atoms with van der Waals surface area (Å²) in [5, 5.41) is 19.5. The summed E-state index contributed by atoms with van der Waals surface area (Å²) in [6, 6.07) is 0. The van der Waals surface area contributed by atoms with Gasteiger partial charge in [-0.3, -0.25) is 0 Å². The SMILES string of the molecule is CO[C@@H]1[C@@H](C)O[C@@H](C(C)C)C(O)[C@@H]1O. The molecule has 84 valence electrons. The van der Waals surface area contributed by atoms with Gasteiger partial charge < -0.3 is 19.7 Å². The topological polar surface area (TPSA) is 58.9 Å². The summed E-state index contributed by atoms with van der Waals surface area (Å²) in [5.41, 5.74) is 0. The van der Waals surface area contributed by atoms with Crippen molar-refractivity contribution in [2.24, 2.45) is 5.92 Å². The Kier molecular flexibility index (Phi) is 3.89. The zero-order chi connectivity index (χ0) is 10.9. The van der Waals surface area contributed by atoms with E-state index in [1.165, 1.54) is 7.11 Å². The average molecular weight is 204 g/mol. The molecule has 0 bridgehead atoms. The van der Waals surface area contributed by atoms with Crippen molar-refractivity contribution >= 4 is 0 Å². The largest absolute Gasteiger partial charge is 0.388 e. The molecule has 4 heteroatoms. The molecule has 4 nitrogen and oxygen atoms in total. The van der Waals surface area contributed by atoms with Gasteiger partial charge in [0.05, 0.1) is 12.2 Å². The third-order valence-corrected chi connectivity index (χ3v) is 2.79. The van der Waals surface area contributed by atoms with Crippen molar-refractivity contribution < 1.29 is 19.7 Å². The van der Waals surface area contributed by atoms with E-state index in [4.69, 9.17) is 9.47 Å². The van der Waals surface area contributed by atoms with Crippen LogP contribution in [0.25, 0.3) is 0 Å². The monoisotopic (exact) mass is 204 g/mol. The Hall–Kier alpha value is -0.160. The van der Waals surface area contributed by atoms with Gasteiger partial charge in [-0.15, -0.1) is 0 Å². The number of hydrogen-bond donors (Lipinski definition) is 2. The minimum atomic E-state index is -0.865. The first-order valence-electron chi connectivity index (χ1n) is 5.03. The van der Waals surface area contributed by atoms with Crippen LogP contribution in [0.2, 0.25) is 0 Å². The molecular weight excluding hydrogens is 184 g/mol. The van der Waals surface area contributed by atoms with Gasteiger partial charge in [-0.25, -0.2) is 0 Å². The maximum absolute atomic E-state index is 9.77. The summed E-state index contributed by atoms with van der Waals surface area (Å²) >= 11 is 0. The maximum atomic E-state index is 9.77. The average Bonchev–Trinajstić information content (AvgIpc) is 2.12. The third-order valence-electron chi connectivity index (χ3n) is 2.79. The molecule has 0 aromatic rings. The van der Waals surface area contributed by atoms with Crippen LogP contribution in [0.1, 0.15) is 20.8 Å². The predicted octanol–water partition coefficient (Wildman–Crippen LogP) is 0.166. The highest BCUT2D eigenvalue weighted by Gasteiger charge is 2.43. The van der Waals surface area contributed by atoms with Crippen LogP contribution < -0.4 is 0 Å². The molecule has 1 aliphatic rings. The summed E-state index contributed by atoms with van der Waals surface area (Å²) in [4.78, 5) is 0. The fraction of sp³-hybridized carbons (Fsp3) is 1.00. The molecule has 1 heterocycles. The molecule has 1 rings (SSSR count). The second-order valence-corrected chi connectivity index (χ2v) is 4.23. The van der Waals surface area contributed by atoms with Crippen LogP contribution in [-0.2, 0) is 9.47 Å². The van der Waals surface area contributed by atoms with Gasteiger partial charge in [-0.2, -0.15) is 0 Å². The summed E-state index contributed by atoms with van der Waals surface area (Å²) < 4.78 is 10.7. The summed E-state index contributed by atoms with van der Waals surface area (Å²) in [5.74, 6) is 0.180. The Balaban J connectivity index is 2.72. The molecule has 1 fully saturated rings. The lowest BCUT2D eigenvalue weighted by molar-refractivity contribution is -0.233. The highest BCUT2D eigenvalue weighted by Crippen LogP contribution is 2.26. The molecule has 0 spiro atoms. The van der Waals surface area contributed by atoms with Gasteiger partial charge >= 0.3 is 0 Å². The molecule has 0 aromatic carbocycles. The fourth-order valence-electron chi connectivity index (χ4n) is 1.95. The van der Waals surface area contributed by atoms with Gasteiger partial charge in [0.2, 0.25) is 0 Å². The molecule has 0 radical (unpaired) electrons. The fourth-order valence-corrected chi connectivity index (χ4v) is 1.95.